The molecule has 1 atom stereocenters. The van der Waals surface area contributed by atoms with E-state index in [-0.39, 0.29) is 11.5 Å². The summed E-state index contributed by atoms with van der Waals surface area (Å²) in [5.74, 6) is 0. The summed E-state index contributed by atoms with van der Waals surface area (Å²) >= 11 is 0. The number of halogens is 2. The Hall–Kier alpha value is -1.29. The van der Waals surface area contributed by atoms with Crippen molar-refractivity contribution in [1.29, 1.82) is 0 Å². The van der Waals surface area contributed by atoms with E-state index in [0.717, 1.165) is 31.1 Å². The summed E-state index contributed by atoms with van der Waals surface area (Å²) in [6, 6.07) is 8.06. The molecular weight excluding hydrogens is 274 g/mol. The predicted molar refractivity (Wildman–Crippen MR) is 75.3 cm³/mol. The summed E-state index contributed by atoms with van der Waals surface area (Å²) in [6.07, 6.45) is 4.26. The standard InChI is InChI=1S/C17H20F2O2/c1-16(11-20)14-5-3-2-4-12(14)10-17(16)8-6-13(7-9-17)21-15(18)19/h2-5,11,13,15H,6-10H2,1H3. The minimum Gasteiger partial charge on any atom is -0.320 e. The van der Waals surface area contributed by atoms with E-state index in [1.165, 1.54) is 5.56 Å². The zero-order valence-electron chi connectivity index (χ0n) is 12.1. The number of benzene rings is 1. The summed E-state index contributed by atoms with van der Waals surface area (Å²) in [4.78, 5) is 11.9. The molecule has 1 fully saturated rings. The maximum Gasteiger partial charge on any atom is 0.345 e. The molecule has 4 heteroatoms. The van der Waals surface area contributed by atoms with Gasteiger partial charge in [0.15, 0.2) is 0 Å². The van der Waals surface area contributed by atoms with Gasteiger partial charge in [0.1, 0.15) is 6.29 Å². The van der Waals surface area contributed by atoms with Crippen LogP contribution in [-0.2, 0) is 21.4 Å². The molecule has 0 radical (unpaired) electrons. The van der Waals surface area contributed by atoms with Crippen LogP contribution < -0.4 is 0 Å². The summed E-state index contributed by atoms with van der Waals surface area (Å²) in [6.45, 7) is -0.706. The van der Waals surface area contributed by atoms with E-state index in [1.807, 2.05) is 25.1 Å². The van der Waals surface area contributed by atoms with Crippen molar-refractivity contribution in [2.45, 2.75) is 57.2 Å². The van der Waals surface area contributed by atoms with Crippen LogP contribution in [0.25, 0.3) is 0 Å². The molecule has 0 N–H and O–H groups in total. The predicted octanol–water partition coefficient (Wildman–Crippen LogP) is 3.87. The first-order valence-electron chi connectivity index (χ1n) is 7.49. The van der Waals surface area contributed by atoms with E-state index < -0.39 is 12.0 Å². The molecule has 0 heterocycles. The lowest BCUT2D eigenvalue weighted by atomic mass is 9.58. The number of ether oxygens (including phenoxy) is 1. The molecule has 2 aliphatic carbocycles. The molecule has 1 aromatic carbocycles. The summed E-state index contributed by atoms with van der Waals surface area (Å²) in [5, 5.41) is 0. The van der Waals surface area contributed by atoms with Crippen molar-refractivity contribution in [2.24, 2.45) is 5.41 Å². The van der Waals surface area contributed by atoms with Gasteiger partial charge in [0.25, 0.3) is 0 Å². The summed E-state index contributed by atoms with van der Waals surface area (Å²) < 4.78 is 29.3. The van der Waals surface area contributed by atoms with Gasteiger partial charge in [-0.2, -0.15) is 8.78 Å². The molecule has 1 aromatic rings. The quantitative estimate of drug-likeness (QED) is 0.791. The monoisotopic (exact) mass is 294 g/mol. The van der Waals surface area contributed by atoms with Crippen molar-refractivity contribution >= 4 is 6.29 Å². The van der Waals surface area contributed by atoms with Gasteiger partial charge in [-0.25, -0.2) is 0 Å². The van der Waals surface area contributed by atoms with Gasteiger partial charge in [0.2, 0.25) is 0 Å². The van der Waals surface area contributed by atoms with Crippen LogP contribution in [0, 0.1) is 5.41 Å². The third kappa shape index (κ3) is 2.20. The molecular formula is C17H20F2O2. The molecule has 1 saturated carbocycles. The molecule has 3 rings (SSSR count). The highest BCUT2D eigenvalue weighted by Crippen LogP contribution is 2.58. The van der Waals surface area contributed by atoms with Gasteiger partial charge < -0.3 is 9.53 Å². The molecule has 0 saturated heterocycles. The fraction of sp³-hybridized carbons (Fsp3) is 0.588. The van der Waals surface area contributed by atoms with Crippen molar-refractivity contribution in [2.75, 3.05) is 0 Å². The van der Waals surface area contributed by atoms with Crippen LogP contribution in [0.3, 0.4) is 0 Å². The second-order valence-electron chi connectivity index (χ2n) is 6.53. The van der Waals surface area contributed by atoms with Crippen molar-refractivity contribution in [3.63, 3.8) is 0 Å². The molecule has 2 aliphatic rings. The van der Waals surface area contributed by atoms with Gasteiger partial charge >= 0.3 is 6.61 Å². The van der Waals surface area contributed by atoms with Crippen LogP contribution in [0.1, 0.15) is 43.7 Å². The molecule has 1 spiro atoms. The first kappa shape index (κ1) is 14.6. The van der Waals surface area contributed by atoms with Crippen LogP contribution in [0.5, 0.6) is 0 Å². The Morgan fingerprint density at radius 2 is 1.95 bits per heavy atom. The average molecular weight is 294 g/mol. The molecule has 0 bridgehead atoms. The Morgan fingerprint density at radius 3 is 2.57 bits per heavy atom. The number of aldehydes is 1. The van der Waals surface area contributed by atoms with Crippen molar-refractivity contribution in [1.82, 2.24) is 0 Å². The second-order valence-corrected chi connectivity index (χ2v) is 6.53. The first-order chi connectivity index (χ1) is 10.0. The Balaban J connectivity index is 1.86. The lowest BCUT2D eigenvalue weighted by Crippen LogP contribution is -2.45. The van der Waals surface area contributed by atoms with E-state index in [2.05, 4.69) is 10.8 Å². The minimum atomic E-state index is -2.71. The van der Waals surface area contributed by atoms with Gasteiger partial charge in [0.05, 0.1) is 11.5 Å². The zero-order chi connectivity index (χ0) is 15.1. The highest BCUT2D eigenvalue weighted by atomic mass is 19.3. The second kappa shape index (κ2) is 5.16. The molecule has 114 valence electrons. The maximum atomic E-state index is 12.3. The number of rotatable bonds is 3. The largest absolute Gasteiger partial charge is 0.345 e. The molecule has 21 heavy (non-hydrogen) atoms. The number of carbonyl (C=O) groups is 1. The lowest BCUT2D eigenvalue weighted by Gasteiger charge is -2.45. The fourth-order valence-electron chi connectivity index (χ4n) is 4.33. The molecule has 1 unspecified atom stereocenters. The van der Waals surface area contributed by atoms with E-state index in [4.69, 9.17) is 0 Å². The van der Waals surface area contributed by atoms with Crippen LogP contribution in [0.4, 0.5) is 8.78 Å². The van der Waals surface area contributed by atoms with Gasteiger partial charge in [-0.05, 0) is 55.6 Å². The van der Waals surface area contributed by atoms with Crippen LogP contribution in [0.15, 0.2) is 24.3 Å². The summed E-state index contributed by atoms with van der Waals surface area (Å²) in [5.41, 5.74) is 1.67. The third-order valence-electron chi connectivity index (χ3n) is 5.63. The number of hydrogen-bond acceptors (Lipinski definition) is 2. The van der Waals surface area contributed by atoms with E-state index in [0.29, 0.717) is 12.8 Å². The number of fused-ring (bicyclic) bond motifs is 1. The van der Waals surface area contributed by atoms with Gasteiger partial charge in [-0.15, -0.1) is 0 Å². The highest BCUT2D eigenvalue weighted by Gasteiger charge is 2.55. The van der Waals surface area contributed by atoms with Gasteiger partial charge in [-0.1, -0.05) is 24.3 Å². The van der Waals surface area contributed by atoms with Crippen LogP contribution in [0.2, 0.25) is 0 Å². The topological polar surface area (TPSA) is 26.3 Å². The van der Waals surface area contributed by atoms with Crippen molar-refractivity contribution in [3.05, 3.63) is 35.4 Å². The molecule has 0 aliphatic heterocycles. The third-order valence-corrected chi connectivity index (χ3v) is 5.63. The Labute approximate surface area is 123 Å². The average Bonchev–Trinajstić information content (AvgIpc) is 2.71. The molecule has 0 amide bonds. The Bertz CT molecular complexity index is 535. The number of hydrogen-bond donors (Lipinski definition) is 0. The smallest absolute Gasteiger partial charge is 0.320 e. The van der Waals surface area contributed by atoms with Crippen molar-refractivity contribution in [3.8, 4) is 0 Å². The molecule has 0 aromatic heterocycles. The normalized spacial score (nSPS) is 35.1. The van der Waals surface area contributed by atoms with Crippen LogP contribution in [-0.4, -0.2) is 19.0 Å². The van der Waals surface area contributed by atoms with E-state index in [9.17, 15) is 13.6 Å². The minimum absolute atomic E-state index is 0.138. The fourth-order valence-corrected chi connectivity index (χ4v) is 4.33. The first-order valence-corrected chi connectivity index (χ1v) is 7.49. The van der Waals surface area contributed by atoms with Gasteiger partial charge in [-0.3, -0.25) is 0 Å². The van der Waals surface area contributed by atoms with E-state index >= 15 is 0 Å². The maximum absolute atomic E-state index is 12.3. The SMILES string of the molecule is CC1(C=O)c2ccccc2CC12CCC(OC(F)F)CC2. The zero-order valence-corrected chi connectivity index (χ0v) is 12.1. The Kier molecular flexibility index (Phi) is 3.60. The van der Waals surface area contributed by atoms with Gasteiger partial charge in [0, 0.05) is 0 Å². The number of carbonyl (C=O) groups excluding carboxylic acids is 1. The van der Waals surface area contributed by atoms with E-state index in [1.54, 1.807) is 0 Å². The number of alkyl halides is 2. The summed E-state index contributed by atoms with van der Waals surface area (Å²) in [7, 11) is 0. The van der Waals surface area contributed by atoms with Crippen LogP contribution >= 0.6 is 0 Å². The highest BCUT2D eigenvalue weighted by molar-refractivity contribution is 5.73. The lowest BCUT2D eigenvalue weighted by molar-refractivity contribution is -0.177. The molecule has 2 nitrogen and oxygen atoms in total. The Morgan fingerprint density at radius 1 is 1.29 bits per heavy atom. The van der Waals surface area contributed by atoms with Crippen molar-refractivity contribution < 1.29 is 18.3 Å².